The first-order valence-corrected chi connectivity index (χ1v) is 6.63. The predicted molar refractivity (Wildman–Crippen MR) is 74.8 cm³/mol. The molecule has 0 radical (unpaired) electrons. The second-order valence-corrected chi connectivity index (χ2v) is 4.68. The van der Waals surface area contributed by atoms with Crippen LogP contribution in [0.25, 0.3) is 0 Å². The fourth-order valence-electron chi connectivity index (χ4n) is 1.71. The van der Waals surface area contributed by atoms with Crippen LogP contribution >= 0.6 is 0 Å². The summed E-state index contributed by atoms with van der Waals surface area (Å²) < 4.78 is 11.0. The Kier molecular flexibility index (Phi) is 7.65. The summed E-state index contributed by atoms with van der Waals surface area (Å²) in [5.41, 5.74) is 1.23. The summed E-state index contributed by atoms with van der Waals surface area (Å²) in [6.45, 7) is 6.61. The van der Waals surface area contributed by atoms with E-state index < -0.39 is 0 Å². The van der Waals surface area contributed by atoms with Crippen LogP contribution in [0.3, 0.4) is 0 Å². The van der Waals surface area contributed by atoms with Gasteiger partial charge in [-0.1, -0.05) is 44.2 Å². The lowest BCUT2D eigenvalue weighted by atomic mass is 10.1. The molecule has 0 saturated carbocycles. The van der Waals surface area contributed by atoms with Gasteiger partial charge in [0.05, 0.1) is 6.10 Å². The molecule has 0 heterocycles. The fraction of sp³-hybridized carbons (Fsp3) is 0.600. The van der Waals surface area contributed by atoms with Crippen LogP contribution in [0.5, 0.6) is 0 Å². The fourth-order valence-corrected chi connectivity index (χ4v) is 1.71. The molecule has 1 aromatic carbocycles. The van der Waals surface area contributed by atoms with E-state index in [0.29, 0.717) is 6.04 Å². The molecule has 1 N–H and O–H groups in total. The minimum Gasteiger partial charge on any atom is -0.385 e. The van der Waals surface area contributed by atoms with Crippen molar-refractivity contribution in [1.29, 1.82) is 0 Å². The third-order valence-electron chi connectivity index (χ3n) is 2.69. The standard InChI is InChI=1S/C15H25NO2/c1-13(2)16-12-15(18-11-7-10-17-3)14-8-5-4-6-9-14/h4-6,8-9,13,15-16H,7,10-12H2,1-3H3. The van der Waals surface area contributed by atoms with Crippen LogP contribution in [0.15, 0.2) is 30.3 Å². The van der Waals surface area contributed by atoms with Crippen molar-refractivity contribution in [3.05, 3.63) is 35.9 Å². The molecule has 18 heavy (non-hydrogen) atoms. The third kappa shape index (κ3) is 6.15. The van der Waals surface area contributed by atoms with Crippen LogP contribution in [0, 0.1) is 0 Å². The van der Waals surface area contributed by atoms with Crippen LogP contribution in [0.2, 0.25) is 0 Å². The molecule has 1 aromatic rings. The van der Waals surface area contributed by atoms with E-state index in [9.17, 15) is 0 Å². The Morgan fingerprint density at radius 2 is 1.83 bits per heavy atom. The average molecular weight is 251 g/mol. The number of hydrogen-bond donors (Lipinski definition) is 1. The molecular formula is C15H25NO2. The van der Waals surface area contributed by atoms with E-state index in [4.69, 9.17) is 9.47 Å². The number of methoxy groups -OCH3 is 1. The van der Waals surface area contributed by atoms with Gasteiger partial charge in [-0.3, -0.25) is 0 Å². The second kappa shape index (κ2) is 9.09. The van der Waals surface area contributed by atoms with Crippen molar-refractivity contribution in [3.63, 3.8) is 0 Å². The maximum absolute atomic E-state index is 5.94. The molecule has 0 saturated heterocycles. The summed E-state index contributed by atoms with van der Waals surface area (Å²) in [6, 6.07) is 10.8. The highest BCUT2D eigenvalue weighted by Gasteiger charge is 2.11. The molecule has 0 aromatic heterocycles. The van der Waals surface area contributed by atoms with E-state index in [1.165, 1.54) is 5.56 Å². The molecule has 0 fully saturated rings. The van der Waals surface area contributed by atoms with Gasteiger partial charge in [-0.2, -0.15) is 0 Å². The van der Waals surface area contributed by atoms with Crippen molar-refractivity contribution in [1.82, 2.24) is 5.32 Å². The second-order valence-electron chi connectivity index (χ2n) is 4.68. The molecule has 0 aliphatic carbocycles. The van der Waals surface area contributed by atoms with Crippen molar-refractivity contribution in [3.8, 4) is 0 Å². The first-order chi connectivity index (χ1) is 8.74. The van der Waals surface area contributed by atoms with E-state index >= 15 is 0 Å². The van der Waals surface area contributed by atoms with Crippen molar-refractivity contribution < 1.29 is 9.47 Å². The van der Waals surface area contributed by atoms with Gasteiger partial charge in [-0.05, 0) is 12.0 Å². The van der Waals surface area contributed by atoms with E-state index in [-0.39, 0.29) is 6.10 Å². The minimum absolute atomic E-state index is 0.116. The molecule has 3 heteroatoms. The smallest absolute Gasteiger partial charge is 0.0949 e. The summed E-state index contributed by atoms with van der Waals surface area (Å²) in [7, 11) is 1.72. The topological polar surface area (TPSA) is 30.5 Å². The van der Waals surface area contributed by atoms with E-state index in [1.54, 1.807) is 7.11 Å². The zero-order chi connectivity index (χ0) is 13.2. The molecule has 1 unspecified atom stereocenters. The molecule has 0 amide bonds. The van der Waals surface area contributed by atoms with E-state index in [1.807, 2.05) is 6.07 Å². The van der Waals surface area contributed by atoms with Crippen molar-refractivity contribution >= 4 is 0 Å². The zero-order valence-electron chi connectivity index (χ0n) is 11.7. The Balaban J connectivity index is 2.47. The SMILES string of the molecule is COCCCOC(CNC(C)C)c1ccccc1. The van der Waals surface area contributed by atoms with Gasteiger partial charge in [0, 0.05) is 32.9 Å². The lowest BCUT2D eigenvalue weighted by Crippen LogP contribution is -2.29. The Bertz CT molecular complexity index is 301. The first-order valence-electron chi connectivity index (χ1n) is 6.63. The zero-order valence-corrected chi connectivity index (χ0v) is 11.7. The maximum Gasteiger partial charge on any atom is 0.0949 e. The highest BCUT2D eigenvalue weighted by atomic mass is 16.5. The largest absolute Gasteiger partial charge is 0.385 e. The molecule has 102 valence electrons. The molecule has 1 atom stereocenters. The minimum atomic E-state index is 0.116. The molecule has 0 aliphatic rings. The Morgan fingerprint density at radius 1 is 1.11 bits per heavy atom. The van der Waals surface area contributed by atoms with Crippen molar-refractivity contribution in [2.75, 3.05) is 26.9 Å². The predicted octanol–water partition coefficient (Wildman–Crippen LogP) is 2.78. The lowest BCUT2D eigenvalue weighted by molar-refractivity contribution is 0.0377. The van der Waals surface area contributed by atoms with Gasteiger partial charge in [0.25, 0.3) is 0 Å². The molecule has 3 nitrogen and oxygen atoms in total. The molecule has 0 spiro atoms. The van der Waals surface area contributed by atoms with Gasteiger partial charge in [-0.25, -0.2) is 0 Å². The Morgan fingerprint density at radius 3 is 2.44 bits per heavy atom. The van der Waals surface area contributed by atoms with E-state index in [0.717, 1.165) is 26.2 Å². The molecule has 0 bridgehead atoms. The monoisotopic (exact) mass is 251 g/mol. The summed E-state index contributed by atoms with van der Waals surface area (Å²) >= 11 is 0. The van der Waals surface area contributed by atoms with Gasteiger partial charge in [-0.15, -0.1) is 0 Å². The van der Waals surface area contributed by atoms with Gasteiger partial charge < -0.3 is 14.8 Å². The summed E-state index contributed by atoms with van der Waals surface area (Å²) in [5.74, 6) is 0. The highest BCUT2D eigenvalue weighted by Crippen LogP contribution is 2.16. The number of rotatable bonds is 9. The van der Waals surface area contributed by atoms with Gasteiger partial charge >= 0.3 is 0 Å². The number of benzene rings is 1. The lowest BCUT2D eigenvalue weighted by Gasteiger charge is -2.20. The van der Waals surface area contributed by atoms with Crippen LogP contribution in [-0.2, 0) is 9.47 Å². The van der Waals surface area contributed by atoms with Crippen LogP contribution in [0.1, 0.15) is 31.9 Å². The first kappa shape index (κ1) is 15.2. The summed E-state index contributed by atoms with van der Waals surface area (Å²) in [5, 5.41) is 3.43. The number of nitrogens with one attached hydrogen (secondary N) is 1. The molecular weight excluding hydrogens is 226 g/mol. The van der Waals surface area contributed by atoms with Crippen LogP contribution in [0.4, 0.5) is 0 Å². The summed E-state index contributed by atoms with van der Waals surface area (Å²) in [4.78, 5) is 0. The van der Waals surface area contributed by atoms with Crippen molar-refractivity contribution in [2.24, 2.45) is 0 Å². The number of ether oxygens (including phenoxy) is 2. The normalized spacial score (nSPS) is 12.9. The molecule has 0 aliphatic heterocycles. The van der Waals surface area contributed by atoms with Crippen LogP contribution in [-0.4, -0.2) is 32.9 Å². The highest BCUT2D eigenvalue weighted by molar-refractivity contribution is 5.17. The van der Waals surface area contributed by atoms with Gasteiger partial charge in [0.2, 0.25) is 0 Å². The Hall–Kier alpha value is -0.900. The average Bonchev–Trinajstić information content (AvgIpc) is 2.38. The molecule has 1 rings (SSSR count). The quantitative estimate of drug-likeness (QED) is 0.685. The third-order valence-corrected chi connectivity index (χ3v) is 2.69. The van der Waals surface area contributed by atoms with E-state index in [2.05, 4.69) is 43.4 Å². The van der Waals surface area contributed by atoms with Crippen molar-refractivity contribution in [2.45, 2.75) is 32.4 Å². The number of hydrogen-bond acceptors (Lipinski definition) is 3. The van der Waals surface area contributed by atoms with Gasteiger partial charge in [0.15, 0.2) is 0 Å². The van der Waals surface area contributed by atoms with Gasteiger partial charge in [0.1, 0.15) is 0 Å². The summed E-state index contributed by atoms with van der Waals surface area (Å²) in [6.07, 6.45) is 1.05. The van der Waals surface area contributed by atoms with Crippen LogP contribution < -0.4 is 5.32 Å². The maximum atomic E-state index is 5.94. The Labute approximate surface area is 110 Å².